The molecule has 21 heavy (non-hydrogen) atoms. The number of nitro benzene ring substituents is 1. The fourth-order valence-electron chi connectivity index (χ4n) is 1.90. The summed E-state index contributed by atoms with van der Waals surface area (Å²) >= 11 is 1.56. The number of aryl methyl sites for hydroxylation is 1. The maximum Gasteiger partial charge on any atom is 0.275 e. The Hall–Kier alpha value is -2.15. The third-order valence-corrected chi connectivity index (χ3v) is 3.95. The van der Waals surface area contributed by atoms with Crippen molar-refractivity contribution in [2.75, 3.05) is 11.9 Å². The number of anilines is 1. The summed E-state index contributed by atoms with van der Waals surface area (Å²) in [7, 11) is 0. The van der Waals surface area contributed by atoms with Gasteiger partial charge in [0, 0.05) is 28.9 Å². The molecule has 2 aromatic rings. The van der Waals surface area contributed by atoms with Gasteiger partial charge < -0.3 is 10.1 Å². The molecule has 2 rings (SSSR count). The molecule has 0 amide bonds. The van der Waals surface area contributed by atoms with Crippen molar-refractivity contribution >= 4 is 22.7 Å². The van der Waals surface area contributed by atoms with E-state index >= 15 is 0 Å². The van der Waals surface area contributed by atoms with E-state index in [0.717, 1.165) is 10.7 Å². The van der Waals surface area contributed by atoms with Crippen LogP contribution in [0, 0.1) is 17.0 Å². The minimum absolute atomic E-state index is 0.00553. The Balaban J connectivity index is 2.23. The normalized spacial score (nSPS) is 12.0. The number of rotatable bonds is 6. The first-order valence-corrected chi connectivity index (χ1v) is 7.48. The maximum atomic E-state index is 11.0. The number of nitro groups is 1. The van der Waals surface area contributed by atoms with Crippen LogP contribution in [0.25, 0.3) is 0 Å². The number of non-ortho nitro benzene ring substituents is 1. The minimum Gasteiger partial charge on any atom is -0.494 e. The molecule has 0 saturated heterocycles. The van der Waals surface area contributed by atoms with E-state index in [9.17, 15) is 10.1 Å². The van der Waals surface area contributed by atoms with Crippen LogP contribution < -0.4 is 10.1 Å². The van der Waals surface area contributed by atoms with E-state index in [0.29, 0.717) is 18.0 Å². The second kappa shape index (κ2) is 6.53. The molecule has 1 heterocycles. The molecule has 0 fully saturated rings. The van der Waals surface area contributed by atoms with Crippen molar-refractivity contribution in [1.29, 1.82) is 0 Å². The largest absolute Gasteiger partial charge is 0.494 e. The van der Waals surface area contributed by atoms with Gasteiger partial charge in [-0.3, -0.25) is 10.1 Å². The molecule has 1 aromatic heterocycles. The molecule has 0 aliphatic carbocycles. The summed E-state index contributed by atoms with van der Waals surface area (Å²) in [4.78, 5) is 15.0. The number of nitrogens with zero attached hydrogens (tertiary/aromatic N) is 2. The number of ether oxygens (including phenoxy) is 1. The highest BCUT2D eigenvalue weighted by atomic mass is 32.1. The SMILES string of the molecule is CCOc1cc(NC(C)c2nc(C)cs2)cc([N+](=O)[O-])c1. The van der Waals surface area contributed by atoms with Gasteiger partial charge in [-0.15, -0.1) is 11.3 Å². The van der Waals surface area contributed by atoms with Crippen LogP contribution in [0.5, 0.6) is 5.75 Å². The summed E-state index contributed by atoms with van der Waals surface area (Å²) in [6.45, 7) is 6.21. The first kappa shape index (κ1) is 15.2. The molecule has 112 valence electrons. The minimum atomic E-state index is -0.425. The predicted octanol–water partition coefficient (Wildman–Crippen LogP) is 3.93. The zero-order valence-electron chi connectivity index (χ0n) is 12.1. The number of aromatic nitrogens is 1. The lowest BCUT2D eigenvalue weighted by Gasteiger charge is -2.14. The Bertz CT molecular complexity index is 642. The average molecular weight is 307 g/mol. The lowest BCUT2D eigenvalue weighted by atomic mass is 10.2. The third kappa shape index (κ3) is 3.91. The fraction of sp³-hybridized carbons (Fsp3) is 0.357. The summed E-state index contributed by atoms with van der Waals surface area (Å²) in [6.07, 6.45) is 0. The van der Waals surface area contributed by atoms with E-state index < -0.39 is 4.92 Å². The van der Waals surface area contributed by atoms with Gasteiger partial charge in [0.2, 0.25) is 0 Å². The van der Waals surface area contributed by atoms with Crippen LogP contribution in [-0.4, -0.2) is 16.5 Å². The smallest absolute Gasteiger partial charge is 0.275 e. The average Bonchev–Trinajstić information content (AvgIpc) is 2.85. The summed E-state index contributed by atoms with van der Waals surface area (Å²) < 4.78 is 5.37. The molecule has 0 spiro atoms. The van der Waals surface area contributed by atoms with E-state index in [-0.39, 0.29) is 11.7 Å². The quantitative estimate of drug-likeness (QED) is 0.646. The van der Waals surface area contributed by atoms with Crippen molar-refractivity contribution in [3.05, 3.63) is 44.4 Å². The molecule has 0 radical (unpaired) electrons. The number of nitrogens with one attached hydrogen (secondary N) is 1. The monoisotopic (exact) mass is 307 g/mol. The lowest BCUT2D eigenvalue weighted by molar-refractivity contribution is -0.384. The second-order valence-corrected chi connectivity index (χ2v) is 5.49. The molecule has 6 nitrogen and oxygen atoms in total. The highest BCUT2D eigenvalue weighted by molar-refractivity contribution is 7.09. The van der Waals surface area contributed by atoms with E-state index in [4.69, 9.17) is 4.74 Å². The lowest BCUT2D eigenvalue weighted by Crippen LogP contribution is -2.07. The first-order valence-electron chi connectivity index (χ1n) is 6.60. The number of hydrogen-bond donors (Lipinski definition) is 1. The standard InChI is InChI=1S/C14H17N3O3S/c1-4-20-13-6-11(5-12(7-13)17(18)19)16-10(3)14-15-9(2)8-21-14/h5-8,10,16H,4H2,1-3H3. The number of thiazole rings is 1. The van der Waals surface area contributed by atoms with Crippen LogP contribution >= 0.6 is 11.3 Å². The molecule has 0 bridgehead atoms. The van der Waals surface area contributed by atoms with Gasteiger partial charge in [-0.05, 0) is 20.8 Å². The summed E-state index contributed by atoms with van der Waals surface area (Å²) in [6, 6.07) is 4.65. The number of benzene rings is 1. The van der Waals surface area contributed by atoms with E-state index in [2.05, 4.69) is 10.3 Å². The van der Waals surface area contributed by atoms with Gasteiger partial charge in [-0.2, -0.15) is 0 Å². The van der Waals surface area contributed by atoms with Crippen LogP contribution in [0.2, 0.25) is 0 Å². The van der Waals surface area contributed by atoms with Gasteiger partial charge in [0.1, 0.15) is 10.8 Å². The van der Waals surface area contributed by atoms with Crippen molar-refractivity contribution in [1.82, 2.24) is 4.98 Å². The predicted molar refractivity (Wildman–Crippen MR) is 83.2 cm³/mol. The van der Waals surface area contributed by atoms with E-state index in [1.807, 2.05) is 26.2 Å². The van der Waals surface area contributed by atoms with E-state index in [1.54, 1.807) is 17.4 Å². The molecule has 0 aliphatic heterocycles. The van der Waals surface area contributed by atoms with Crippen LogP contribution in [-0.2, 0) is 0 Å². The Morgan fingerprint density at radius 2 is 2.24 bits per heavy atom. The molecule has 1 atom stereocenters. The maximum absolute atomic E-state index is 11.0. The second-order valence-electron chi connectivity index (χ2n) is 4.60. The Kier molecular flexibility index (Phi) is 4.74. The molecule has 1 unspecified atom stereocenters. The van der Waals surface area contributed by atoms with Crippen molar-refractivity contribution in [2.45, 2.75) is 26.8 Å². The van der Waals surface area contributed by atoms with Gasteiger partial charge >= 0.3 is 0 Å². The molecular formula is C14H17N3O3S. The van der Waals surface area contributed by atoms with E-state index in [1.165, 1.54) is 12.1 Å². The Labute approximate surface area is 126 Å². The fourth-order valence-corrected chi connectivity index (χ4v) is 2.71. The molecule has 0 aliphatic rings. The van der Waals surface area contributed by atoms with Gasteiger partial charge in [0.25, 0.3) is 5.69 Å². The van der Waals surface area contributed by atoms with Gasteiger partial charge in [0.05, 0.1) is 23.6 Å². The van der Waals surface area contributed by atoms with Crippen molar-refractivity contribution in [2.24, 2.45) is 0 Å². The molecule has 1 N–H and O–H groups in total. The molecule has 1 aromatic carbocycles. The van der Waals surface area contributed by atoms with Crippen LogP contribution in [0.3, 0.4) is 0 Å². The first-order chi connectivity index (χ1) is 9.99. The zero-order valence-corrected chi connectivity index (χ0v) is 12.9. The Morgan fingerprint density at radius 1 is 1.48 bits per heavy atom. The van der Waals surface area contributed by atoms with Crippen molar-refractivity contribution in [3.8, 4) is 5.75 Å². The summed E-state index contributed by atoms with van der Waals surface area (Å²) in [5.41, 5.74) is 1.62. The molecular weight excluding hydrogens is 290 g/mol. The molecule has 7 heteroatoms. The zero-order chi connectivity index (χ0) is 15.4. The van der Waals surface area contributed by atoms with Crippen LogP contribution in [0.4, 0.5) is 11.4 Å². The third-order valence-electron chi connectivity index (χ3n) is 2.80. The highest BCUT2D eigenvalue weighted by Crippen LogP contribution is 2.29. The highest BCUT2D eigenvalue weighted by Gasteiger charge is 2.14. The summed E-state index contributed by atoms with van der Waals surface area (Å²) in [5.74, 6) is 0.483. The molecule has 0 saturated carbocycles. The summed E-state index contributed by atoms with van der Waals surface area (Å²) in [5, 5.41) is 17.1. The number of hydrogen-bond acceptors (Lipinski definition) is 6. The van der Waals surface area contributed by atoms with Gasteiger partial charge in [-0.25, -0.2) is 4.98 Å². The topological polar surface area (TPSA) is 77.3 Å². The van der Waals surface area contributed by atoms with Crippen molar-refractivity contribution in [3.63, 3.8) is 0 Å². The van der Waals surface area contributed by atoms with Crippen molar-refractivity contribution < 1.29 is 9.66 Å². The van der Waals surface area contributed by atoms with Gasteiger partial charge in [-0.1, -0.05) is 0 Å². The van der Waals surface area contributed by atoms with Gasteiger partial charge in [0.15, 0.2) is 0 Å². The van der Waals surface area contributed by atoms with Crippen LogP contribution in [0.15, 0.2) is 23.6 Å². The van der Waals surface area contributed by atoms with Crippen LogP contribution in [0.1, 0.15) is 30.6 Å². The Morgan fingerprint density at radius 3 is 2.81 bits per heavy atom.